The van der Waals surface area contributed by atoms with Crippen molar-refractivity contribution in [3.63, 3.8) is 0 Å². The molecule has 0 spiro atoms. The Morgan fingerprint density at radius 1 is 1.35 bits per heavy atom. The fraction of sp³-hybridized carbons (Fsp3) is 0.308. The maximum Gasteiger partial charge on any atom is 0.355 e. The van der Waals surface area contributed by atoms with Crippen molar-refractivity contribution in [2.45, 2.75) is 26.4 Å². The number of esters is 1. The van der Waals surface area contributed by atoms with Crippen LogP contribution in [0.25, 0.3) is 10.9 Å². The van der Waals surface area contributed by atoms with Gasteiger partial charge >= 0.3 is 5.97 Å². The minimum atomic E-state index is -0.481. The van der Waals surface area contributed by atoms with E-state index in [9.17, 15) is 4.79 Å². The monoisotopic (exact) mass is 295 g/mol. The lowest BCUT2D eigenvalue weighted by Crippen LogP contribution is -2.24. The topological polar surface area (TPSA) is 42.1 Å². The van der Waals surface area contributed by atoms with E-state index in [1.807, 2.05) is 39.0 Å². The maximum absolute atomic E-state index is 11.9. The van der Waals surface area contributed by atoms with Crippen molar-refractivity contribution in [2.75, 3.05) is 0 Å². The molecule has 1 aromatic heterocycles. The molecule has 0 radical (unpaired) electrons. The van der Waals surface area contributed by atoms with Crippen LogP contribution in [-0.2, 0) is 4.74 Å². The van der Waals surface area contributed by atoms with Gasteiger partial charge in [0.25, 0.3) is 0 Å². The van der Waals surface area contributed by atoms with Crippen molar-refractivity contribution >= 4 is 32.8 Å². The van der Waals surface area contributed by atoms with E-state index in [1.54, 1.807) is 6.07 Å². The Hall–Kier alpha value is -1.29. The number of halogens is 1. The summed E-state index contributed by atoms with van der Waals surface area (Å²) >= 11 is 3.44. The minimum absolute atomic E-state index is 0.333. The van der Waals surface area contributed by atoms with E-state index >= 15 is 0 Å². The SMILES string of the molecule is CC(C)(C)OC(=O)c1cc2cccc(Br)c2[nH]1. The average molecular weight is 296 g/mol. The highest BCUT2D eigenvalue weighted by atomic mass is 79.9. The third kappa shape index (κ3) is 2.69. The minimum Gasteiger partial charge on any atom is -0.455 e. The molecule has 0 saturated carbocycles. The van der Waals surface area contributed by atoms with Gasteiger partial charge in [-0.05, 0) is 48.8 Å². The molecule has 1 aromatic carbocycles. The summed E-state index contributed by atoms with van der Waals surface area (Å²) < 4.78 is 6.24. The Morgan fingerprint density at radius 3 is 2.65 bits per heavy atom. The number of fused-ring (bicyclic) bond motifs is 1. The number of para-hydroxylation sites is 1. The molecule has 0 aliphatic heterocycles. The highest BCUT2D eigenvalue weighted by Crippen LogP contribution is 2.24. The number of hydrogen-bond acceptors (Lipinski definition) is 2. The normalized spacial score (nSPS) is 11.8. The van der Waals surface area contributed by atoms with Crippen LogP contribution in [0.15, 0.2) is 28.7 Å². The largest absolute Gasteiger partial charge is 0.455 e. The van der Waals surface area contributed by atoms with Crippen LogP contribution in [0, 0.1) is 0 Å². The molecule has 0 unspecified atom stereocenters. The summed E-state index contributed by atoms with van der Waals surface area (Å²) in [6.45, 7) is 5.55. The molecule has 0 atom stereocenters. The summed E-state index contributed by atoms with van der Waals surface area (Å²) in [5.74, 6) is -0.333. The highest BCUT2D eigenvalue weighted by Gasteiger charge is 2.19. The predicted molar refractivity (Wildman–Crippen MR) is 71.2 cm³/mol. The van der Waals surface area contributed by atoms with Crippen LogP contribution >= 0.6 is 15.9 Å². The van der Waals surface area contributed by atoms with Gasteiger partial charge in [0, 0.05) is 9.86 Å². The van der Waals surface area contributed by atoms with Gasteiger partial charge in [-0.25, -0.2) is 4.79 Å². The van der Waals surface area contributed by atoms with Crippen molar-refractivity contribution in [1.29, 1.82) is 0 Å². The second-order valence-electron chi connectivity index (χ2n) is 4.89. The second kappa shape index (κ2) is 4.18. The zero-order valence-corrected chi connectivity index (χ0v) is 11.6. The fourth-order valence-corrected chi connectivity index (χ4v) is 2.04. The van der Waals surface area contributed by atoms with Crippen molar-refractivity contribution in [1.82, 2.24) is 4.98 Å². The van der Waals surface area contributed by atoms with E-state index in [1.165, 1.54) is 0 Å². The predicted octanol–water partition coefficient (Wildman–Crippen LogP) is 3.89. The second-order valence-corrected chi connectivity index (χ2v) is 5.74. The van der Waals surface area contributed by atoms with Crippen LogP contribution in [0.1, 0.15) is 31.3 Å². The van der Waals surface area contributed by atoms with Gasteiger partial charge in [-0.2, -0.15) is 0 Å². The molecule has 0 aliphatic carbocycles. The summed E-state index contributed by atoms with van der Waals surface area (Å²) in [7, 11) is 0. The zero-order valence-electron chi connectivity index (χ0n) is 10.0. The van der Waals surface area contributed by atoms with Crippen LogP contribution in [0.2, 0.25) is 0 Å². The van der Waals surface area contributed by atoms with Crippen LogP contribution < -0.4 is 0 Å². The Labute approximate surface area is 108 Å². The van der Waals surface area contributed by atoms with Crippen molar-refractivity contribution in [2.24, 2.45) is 0 Å². The van der Waals surface area contributed by atoms with Gasteiger partial charge < -0.3 is 9.72 Å². The Bertz CT molecular complexity index is 566. The molecule has 17 heavy (non-hydrogen) atoms. The van der Waals surface area contributed by atoms with Gasteiger partial charge in [0.15, 0.2) is 0 Å². The Kier molecular flexibility index (Phi) is 3.00. The van der Waals surface area contributed by atoms with E-state index in [2.05, 4.69) is 20.9 Å². The number of benzene rings is 1. The molecule has 0 aliphatic rings. The lowest BCUT2D eigenvalue weighted by atomic mass is 10.2. The van der Waals surface area contributed by atoms with Crippen LogP contribution in [0.5, 0.6) is 0 Å². The molecular weight excluding hydrogens is 282 g/mol. The highest BCUT2D eigenvalue weighted by molar-refractivity contribution is 9.10. The molecule has 1 N–H and O–H groups in total. The third-order valence-electron chi connectivity index (χ3n) is 2.22. The number of H-pyrrole nitrogens is 1. The van der Waals surface area contributed by atoms with Crippen LogP contribution in [0.4, 0.5) is 0 Å². The first-order chi connectivity index (χ1) is 7.87. The number of carbonyl (C=O) groups is 1. The molecule has 2 aromatic rings. The zero-order chi connectivity index (χ0) is 12.6. The van der Waals surface area contributed by atoms with E-state index in [0.717, 1.165) is 15.4 Å². The third-order valence-corrected chi connectivity index (χ3v) is 2.88. The molecular formula is C13H14BrNO2. The summed E-state index contributed by atoms with van der Waals surface area (Å²) in [6, 6.07) is 7.61. The van der Waals surface area contributed by atoms with Gasteiger partial charge in [-0.1, -0.05) is 12.1 Å². The number of nitrogens with one attached hydrogen (secondary N) is 1. The van der Waals surface area contributed by atoms with E-state index < -0.39 is 5.60 Å². The van der Waals surface area contributed by atoms with Crippen LogP contribution in [-0.4, -0.2) is 16.6 Å². The van der Waals surface area contributed by atoms with Crippen molar-refractivity contribution in [3.8, 4) is 0 Å². The van der Waals surface area contributed by atoms with E-state index in [-0.39, 0.29) is 5.97 Å². The summed E-state index contributed by atoms with van der Waals surface area (Å²) in [5, 5.41) is 0.986. The van der Waals surface area contributed by atoms with Crippen molar-refractivity contribution in [3.05, 3.63) is 34.4 Å². The fourth-order valence-electron chi connectivity index (χ4n) is 1.56. The standard InChI is InChI=1S/C13H14BrNO2/c1-13(2,3)17-12(16)10-7-8-5-4-6-9(14)11(8)15-10/h4-7,15H,1-3H3. The number of aromatic nitrogens is 1. The van der Waals surface area contributed by atoms with Crippen molar-refractivity contribution < 1.29 is 9.53 Å². The maximum atomic E-state index is 11.9. The lowest BCUT2D eigenvalue weighted by molar-refractivity contribution is 0.00639. The Morgan fingerprint density at radius 2 is 2.06 bits per heavy atom. The average Bonchev–Trinajstić information content (AvgIpc) is 2.60. The smallest absolute Gasteiger partial charge is 0.355 e. The summed E-state index contributed by atoms with van der Waals surface area (Å²) in [5.41, 5.74) is 0.904. The van der Waals surface area contributed by atoms with Gasteiger partial charge in [0.2, 0.25) is 0 Å². The van der Waals surface area contributed by atoms with E-state index in [4.69, 9.17) is 4.74 Å². The first-order valence-corrected chi connectivity index (χ1v) is 6.17. The number of carbonyl (C=O) groups excluding carboxylic acids is 1. The molecule has 0 fully saturated rings. The molecule has 0 bridgehead atoms. The van der Waals surface area contributed by atoms with Gasteiger partial charge in [0.05, 0.1) is 5.52 Å². The van der Waals surface area contributed by atoms with E-state index in [0.29, 0.717) is 5.69 Å². The molecule has 3 nitrogen and oxygen atoms in total. The van der Waals surface area contributed by atoms with Gasteiger partial charge in [0.1, 0.15) is 11.3 Å². The Balaban J connectivity index is 2.37. The number of hydrogen-bond donors (Lipinski definition) is 1. The summed E-state index contributed by atoms with van der Waals surface area (Å²) in [4.78, 5) is 14.9. The number of aromatic amines is 1. The molecule has 1 heterocycles. The molecule has 0 saturated heterocycles. The number of rotatable bonds is 1. The first-order valence-electron chi connectivity index (χ1n) is 5.37. The summed E-state index contributed by atoms with van der Waals surface area (Å²) in [6.07, 6.45) is 0. The molecule has 0 amide bonds. The van der Waals surface area contributed by atoms with Gasteiger partial charge in [-0.3, -0.25) is 0 Å². The number of ether oxygens (including phenoxy) is 1. The van der Waals surface area contributed by atoms with Gasteiger partial charge in [-0.15, -0.1) is 0 Å². The quantitative estimate of drug-likeness (QED) is 0.811. The molecule has 90 valence electrons. The molecule has 4 heteroatoms. The lowest BCUT2D eigenvalue weighted by Gasteiger charge is -2.18. The van der Waals surface area contributed by atoms with Crippen LogP contribution in [0.3, 0.4) is 0 Å². The molecule has 2 rings (SSSR count). The first kappa shape index (κ1) is 12.2.